The van der Waals surface area contributed by atoms with Crippen molar-refractivity contribution in [3.63, 3.8) is 0 Å². The van der Waals surface area contributed by atoms with Gasteiger partial charge < -0.3 is 20.9 Å². The Labute approximate surface area is 137 Å². The Morgan fingerprint density at radius 2 is 2.13 bits per heavy atom. The largest absolute Gasteiger partial charge is 0.480 e. The lowest BCUT2D eigenvalue weighted by atomic mass is 9.85. The number of aliphatic carboxylic acids is 1. The predicted molar refractivity (Wildman–Crippen MR) is 85.7 cm³/mol. The number of carboxylic acids is 1. The standard InChI is InChI=1S/C15H20N2O5S/c1-2-8-3-4-9-10(5-8)23-15(13(9)14(16)21)17-11(18)6-22-7-12(19)20/h8H,2-7H2,1H3,(H2,16,21)(H,17,18)(H,19,20)/t8-/m0/s1. The van der Waals surface area contributed by atoms with E-state index < -0.39 is 24.4 Å². The number of nitrogens with two attached hydrogens (primary N) is 1. The normalized spacial score (nSPS) is 16.7. The zero-order valence-electron chi connectivity index (χ0n) is 12.9. The van der Waals surface area contributed by atoms with E-state index in [1.54, 1.807) is 0 Å². The van der Waals surface area contributed by atoms with Crippen LogP contribution in [-0.4, -0.2) is 36.1 Å². The van der Waals surface area contributed by atoms with Crippen molar-refractivity contribution in [2.24, 2.45) is 11.7 Å². The Kier molecular flexibility index (Phi) is 5.73. The van der Waals surface area contributed by atoms with Crippen molar-refractivity contribution in [1.29, 1.82) is 0 Å². The van der Waals surface area contributed by atoms with Crippen LogP contribution in [0.3, 0.4) is 0 Å². The zero-order valence-corrected chi connectivity index (χ0v) is 13.7. The Bertz CT molecular complexity index is 626. The number of nitrogens with one attached hydrogen (secondary N) is 1. The maximum absolute atomic E-state index is 11.8. The third-order valence-electron chi connectivity index (χ3n) is 3.90. The molecule has 0 radical (unpaired) electrons. The number of anilines is 1. The van der Waals surface area contributed by atoms with E-state index in [0.717, 1.165) is 36.1 Å². The lowest BCUT2D eigenvalue weighted by molar-refractivity contribution is -0.143. The van der Waals surface area contributed by atoms with Crippen LogP contribution in [0.15, 0.2) is 0 Å². The molecule has 1 heterocycles. The first-order valence-electron chi connectivity index (χ1n) is 7.46. The zero-order chi connectivity index (χ0) is 17.0. The second kappa shape index (κ2) is 7.56. The van der Waals surface area contributed by atoms with Crippen LogP contribution in [0, 0.1) is 5.92 Å². The van der Waals surface area contributed by atoms with Gasteiger partial charge in [-0.1, -0.05) is 13.3 Å². The van der Waals surface area contributed by atoms with Crippen LogP contribution in [0.25, 0.3) is 0 Å². The van der Waals surface area contributed by atoms with Crippen LogP contribution in [0.1, 0.15) is 40.6 Å². The fourth-order valence-electron chi connectivity index (χ4n) is 2.75. The van der Waals surface area contributed by atoms with Gasteiger partial charge in [-0.15, -0.1) is 11.3 Å². The van der Waals surface area contributed by atoms with Crippen LogP contribution in [-0.2, 0) is 27.2 Å². The van der Waals surface area contributed by atoms with Gasteiger partial charge in [-0.25, -0.2) is 4.79 Å². The van der Waals surface area contributed by atoms with Crippen molar-refractivity contribution in [3.8, 4) is 0 Å². The van der Waals surface area contributed by atoms with E-state index in [-0.39, 0.29) is 6.61 Å². The van der Waals surface area contributed by atoms with Crippen LogP contribution >= 0.6 is 11.3 Å². The van der Waals surface area contributed by atoms with Crippen LogP contribution in [0.2, 0.25) is 0 Å². The Morgan fingerprint density at radius 1 is 1.39 bits per heavy atom. The molecule has 2 rings (SSSR count). The molecule has 4 N–H and O–H groups in total. The van der Waals surface area contributed by atoms with Gasteiger partial charge in [-0.2, -0.15) is 0 Å². The summed E-state index contributed by atoms with van der Waals surface area (Å²) in [5.74, 6) is -1.62. The molecule has 0 unspecified atom stereocenters. The van der Waals surface area contributed by atoms with Crippen molar-refractivity contribution in [2.45, 2.75) is 32.6 Å². The molecule has 1 aromatic heterocycles. The summed E-state index contributed by atoms with van der Waals surface area (Å²) in [6, 6.07) is 0. The minimum Gasteiger partial charge on any atom is -0.480 e. The number of hydrogen-bond acceptors (Lipinski definition) is 5. The van der Waals surface area contributed by atoms with E-state index in [9.17, 15) is 14.4 Å². The molecule has 7 nitrogen and oxygen atoms in total. The maximum Gasteiger partial charge on any atom is 0.329 e. The van der Waals surface area contributed by atoms with Crippen LogP contribution in [0.5, 0.6) is 0 Å². The fourth-order valence-corrected chi connectivity index (χ4v) is 4.13. The highest BCUT2D eigenvalue weighted by Crippen LogP contribution is 2.40. The summed E-state index contributed by atoms with van der Waals surface area (Å²) in [6.07, 6.45) is 3.76. The average Bonchev–Trinajstić information content (AvgIpc) is 2.83. The molecule has 8 heteroatoms. The topological polar surface area (TPSA) is 119 Å². The lowest BCUT2D eigenvalue weighted by Gasteiger charge is -2.20. The molecule has 0 saturated carbocycles. The first kappa shape index (κ1) is 17.4. The van der Waals surface area contributed by atoms with Crippen molar-refractivity contribution >= 4 is 34.1 Å². The summed E-state index contributed by atoms with van der Waals surface area (Å²) < 4.78 is 4.74. The second-order valence-electron chi connectivity index (χ2n) is 5.52. The third-order valence-corrected chi connectivity index (χ3v) is 5.07. The number of fused-ring (bicyclic) bond motifs is 1. The lowest BCUT2D eigenvalue weighted by Crippen LogP contribution is -2.23. The van der Waals surface area contributed by atoms with Gasteiger partial charge in [0, 0.05) is 4.88 Å². The van der Waals surface area contributed by atoms with Crippen molar-refractivity contribution in [3.05, 3.63) is 16.0 Å². The second-order valence-corrected chi connectivity index (χ2v) is 6.63. The van der Waals surface area contributed by atoms with Gasteiger partial charge in [0.25, 0.3) is 11.8 Å². The van der Waals surface area contributed by atoms with Gasteiger partial charge in [-0.3, -0.25) is 9.59 Å². The smallest absolute Gasteiger partial charge is 0.329 e. The predicted octanol–water partition coefficient (Wildman–Crippen LogP) is 1.40. The Balaban J connectivity index is 2.12. The molecule has 2 amide bonds. The Hall–Kier alpha value is -1.93. The van der Waals surface area contributed by atoms with Gasteiger partial charge in [0.05, 0.1) is 5.56 Å². The van der Waals surface area contributed by atoms with Gasteiger partial charge in [0.2, 0.25) is 0 Å². The molecule has 23 heavy (non-hydrogen) atoms. The molecule has 1 atom stereocenters. The van der Waals surface area contributed by atoms with E-state index in [0.29, 0.717) is 16.5 Å². The van der Waals surface area contributed by atoms with E-state index in [2.05, 4.69) is 12.2 Å². The summed E-state index contributed by atoms with van der Waals surface area (Å²) in [5.41, 5.74) is 6.79. The minimum atomic E-state index is -1.15. The molecule has 0 aromatic carbocycles. The molecule has 0 spiro atoms. The van der Waals surface area contributed by atoms with E-state index in [4.69, 9.17) is 15.6 Å². The number of carboxylic acid groups (broad SMARTS) is 1. The summed E-state index contributed by atoms with van der Waals surface area (Å²) in [5, 5.41) is 11.5. The van der Waals surface area contributed by atoms with Crippen LogP contribution in [0.4, 0.5) is 5.00 Å². The van der Waals surface area contributed by atoms with Crippen molar-refractivity contribution in [2.75, 3.05) is 18.5 Å². The minimum absolute atomic E-state index is 0.381. The highest BCUT2D eigenvalue weighted by Gasteiger charge is 2.28. The van der Waals surface area contributed by atoms with Gasteiger partial charge in [-0.05, 0) is 30.7 Å². The van der Waals surface area contributed by atoms with Gasteiger partial charge in [0.1, 0.15) is 18.2 Å². The number of ether oxygens (including phenoxy) is 1. The monoisotopic (exact) mass is 340 g/mol. The number of amides is 2. The number of thiophene rings is 1. The van der Waals surface area contributed by atoms with Gasteiger partial charge >= 0.3 is 5.97 Å². The first-order chi connectivity index (χ1) is 10.9. The quantitative estimate of drug-likeness (QED) is 0.693. The van der Waals surface area contributed by atoms with E-state index in [1.165, 1.54) is 11.3 Å². The molecule has 1 aliphatic carbocycles. The van der Waals surface area contributed by atoms with Crippen LogP contribution < -0.4 is 11.1 Å². The molecular weight excluding hydrogens is 320 g/mol. The third kappa shape index (κ3) is 4.29. The molecule has 0 bridgehead atoms. The summed E-state index contributed by atoms with van der Waals surface area (Å²) in [4.78, 5) is 35.0. The number of hydrogen-bond donors (Lipinski definition) is 3. The Morgan fingerprint density at radius 3 is 2.74 bits per heavy atom. The maximum atomic E-state index is 11.8. The number of carbonyl (C=O) groups is 3. The molecule has 0 saturated heterocycles. The molecule has 1 aromatic rings. The molecule has 1 aliphatic rings. The number of primary amides is 1. The highest BCUT2D eigenvalue weighted by molar-refractivity contribution is 7.17. The number of carbonyl (C=O) groups excluding carboxylic acids is 2. The van der Waals surface area contributed by atoms with Crippen molar-refractivity contribution in [1.82, 2.24) is 0 Å². The molecular formula is C15H20N2O5S. The first-order valence-corrected chi connectivity index (χ1v) is 8.27. The summed E-state index contributed by atoms with van der Waals surface area (Å²) >= 11 is 1.37. The summed E-state index contributed by atoms with van der Waals surface area (Å²) in [7, 11) is 0. The van der Waals surface area contributed by atoms with Crippen molar-refractivity contribution < 1.29 is 24.2 Å². The molecule has 0 aliphatic heterocycles. The highest BCUT2D eigenvalue weighted by atomic mass is 32.1. The molecule has 126 valence electrons. The fraction of sp³-hybridized carbons (Fsp3) is 0.533. The van der Waals surface area contributed by atoms with Gasteiger partial charge in [0.15, 0.2) is 0 Å². The SMILES string of the molecule is CC[C@H]1CCc2c(sc(NC(=O)COCC(=O)O)c2C(N)=O)C1. The van der Waals surface area contributed by atoms with E-state index in [1.807, 2.05) is 0 Å². The van der Waals surface area contributed by atoms with E-state index >= 15 is 0 Å². The molecule has 0 fully saturated rings. The average molecular weight is 340 g/mol. The summed E-state index contributed by atoms with van der Waals surface area (Å²) in [6.45, 7) is 1.21. The number of rotatable bonds is 7.